The Morgan fingerprint density at radius 3 is 2.29 bits per heavy atom. The Labute approximate surface area is 247 Å². The molecule has 5 rings (SSSR count). The zero-order valence-corrected chi connectivity index (χ0v) is 24.4. The number of hydrogen-bond donors (Lipinski definition) is 3. The number of methoxy groups -OCH3 is 2. The van der Waals surface area contributed by atoms with Crippen LogP contribution in [0.1, 0.15) is 25.7 Å². The first-order valence-electron chi connectivity index (χ1n) is 13.7. The molecule has 4 aromatic rings. The highest BCUT2D eigenvalue weighted by Crippen LogP contribution is 2.36. The van der Waals surface area contributed by atoms with Gasteiger partial charge in [-0.05, 0) is 56.3 Å². The Morgan fingerprint density at radius 2 is 1.62 bits per heavy atom. The van der Waals surface area contributed by atoms with Crippen molar-refractivity contribution < 1.29 is 23.0 Å². The first-order chi connectivity index (χ1) is 20.4. The SMILES string of the molecule is COc1cc(Nc2nc3ccccc3nc2N(c2cccc(NC(=O)CCN3CCCCC3)c2)S(=O)O)cc(OC)c1. The maximum absolute atomic E-state index is 12.9. The number of aromatic nitrogens is 2. The molecule has 1 atom stereocenters. The molecule has 1 amide bonds. The third-order valence-electron chi connectivity index (χ3n) is 6.98. The Hall–Kier alpha value is -4.26. The van der Waals surface area contributed by atoms with Crippen LogP contribution in [0, 0.1) is 0 Å². The number of ether oxygens (including phenoxy) is 2. The van der Waals surface area contributed by atoms with Crippen molar-refractivity contribution in [1.82, 2.24) is 14.9 Å². The highest BCUT2D eigenvalue weighted by Gasteiger charge is 2.24. The maximum Gasteiger partial charge on any atom is 0.268 e. The van der Waals surface area contributed by atoms with E-state index in [0.29, 0.717) is 52.6 Å². The van der Waals surface area contributed by atoms with Crippen LogP contribution in [0.4, 0.5) is 28.7 Å². The molecule has 220 valence electrons. The van der Waals surface area contributed by atoms with Crippen molar-refractivity contribution in [2.24, 2.45) is 0 Å². The molecule has 0 bridgehead atoms. The minimum Gasteiger partial charge on any atom is -0.497 e. The molecule has 11 nitrogen and oxygen atoms in total. The van der Waals surface area contributed by atoms with Crippen LogP contribution in [0.15, 0.2) is 66.7 Å². The molecule has 1 unspecified atom stereocenters. The van der Waals surface area contributed by atoms with Crippen molar-refractivity contribution in [1.29, 1.82) is 0 Å². The van der Waals surface area contributed by atoms with Crippen molar-refractivity contribution in [3.63, 3.8) is 0 Å². The lowest BCUT2D eigenvalue weighted by Crippen LogP contribution is -2.32. The smallest absolute Gasteiger partial charge is 0.268 e. The molecule has 1 fully saturated rings. The van der Waals surface area contributed by atoms with E-state index in [1.54, 1.807) is 62.8 Å². The van der Waals surface area contributed by atoms with Crippen LogP contribution < -0.4 is 24.4 Å². The van der Waals surface area contributed by atoms with Gasteiger partial charge in [0.25, 0.3) is 11.3 Å². The molecule has 3 aromatic carbocycles. The van der Waals surface area contributed by atoms with Crippen LogP contribution in [0.2, 0.25) is 0 Å². The highest BCUT2D eigenvalue weighted by molar-refractivity contribution is 7.81. The summed E-state index contributed by atoms with van der Waals surface area (Å²) < 4.78 is 35.3. The molecule has 0 radical (unpaired) electrons. The summed E-state index contributed by atoms with van der Waals surface area (Å²) >= 11 is -2.53. The second kappa shape index (κ2) is 13.6. The molecule has 0 aliphatic carbocycles. The number of piperidine rings is 1. The number of carbonyl (C=O) groups excluding carboxylic acids is 1. The van der Waals surface area contributed by atoms with Crippen LogP contribution in [0.3, 0.4) is 0 Å². The number of likely N-dealkylation sites (tertiary alicyclic amines) is 1. The van der Waals surface area contributed by atoms with Gasteiger partial charge in [0.15, 0.2) is 11.6 Å². The molecule has 42 heavy (non-hydrogen) atoms. The molecular formula is C30H34N6O5S. The first-order valence-corrected chi connectivity index (χ1v) is 14.8. The standard InChI is InChI=1S/C30H34N6O5S/c1-40-24-18-22(19-25(20-24)41-2)32-29-30(34-27-12-5-4-11-26(27)33-29)36(42(38)39)23-10-8-9-21(17-23)31-28(37)13-16-35-14-6-3-7-15-35/h4-5,8-12,17-20H,3,6-7,13-16H2,1-2H3,(H,31,37)(H,32,33)(H,38,39). The number of amides is 1. The molecule has 1 aromatic heterocycles. The summed E-state index contributed by atoms with van der Waals surface area (Å²) in [5.41, 5.74) is 2.57. The molecular weight excluding hydrogens is 556 g/mol. The zero-order chi connectivity index (χ0) is 29.5. The van der Waals surface area contributed by atoms with Gasteiger partial charge in [-0.15, -0.1) is 0 Å². The van der Waals surface area contributed by atoms with Crippen LogP contribution in [-0.4, -0.2) is 63.4 Å². The lowest BCUT2D eigenvalue weighted by molar-refractivity contribution is -0.116. The van der Waals surface area contributed by atoms with Crippen molar-refractivity contribution in [3.05, 3.63) is 66.7 Å². The van der Waals surface area contributed by atoms with Gasteiger partial charge in [0.1, 0.15) is 11.5 Å². The van der Waals surface area contributed by atoms with E-state index >= 15 is 0 Å². The summed E-state index contributed by atoms with van der Waals surface area (Å²) in [7, 11) is 3.10. The number of nitrogens with zero attached hydrogens (tertiary/aromatic N) is 4. The second-order valence-electron chi connectivity index (χ2n) is 9.89. The monoisotopic (exact) mass is 590 g/mol. The minimum atomic E-state index is -2.53. The first kappa shape index (κ1) is 29.2. The number of fused-ring (bicyclic) bond motifs is 1. The van der Waals surface area contributed by atoms with Crippen LogP contribution in [0.5, 0.6) is 11.5 Å². The number of nitrogens with one attached hydrogen (secondary N) is 2. The molecule has 1 aliphatic rings. The van der Waals surface area contributed by atoms with E-state index in [1.165, 1.54) is 6.42 Å². The van der Waals surface area contributed by atoms with E-state index in [1.807, 2.05) is 18.2 Å². The fourth-order valence-electron chi connectivity index (χ4n) is 4.90. The molecule has 0 saturated carbocycles. The van der Waals surface area contributed by atoms with E-state index in [-0.39, 0.29) is 17.5 Å². The van der Waals surface area contributed by atoms with Gasteiger partial charge in [0.05, 0.1) is 30.9 Å². The Morgan fingerprint density at radius 1 is 0.929 bits per heavy atom. The largest absolute Gasteiger partial charge is 0.497 e. The number of para-hydroxylation sites is 2. The molecule has 1 saturated heterocycles. The van der Waals surface area contributed by atoms with Crippen LogP contribution in [-0.2, 0) is 16.1 Å². The average Bonchev–Trinajstić information content (AvgIpc) is 3.00. The van der Waals surface area contributed by atoms with Crippen LogP contribution in [0.25, 0.3) is 11.0 Å². The predicted molar refractivity (Wildman–Crippen MR) is 165 cm³/mol. The third-order valence-corrected chi connectivity index (χ3v) is 7.68. The normalized spacial score (nSPS) is 14.3. The van der Waals surface area contributed by atoms with Gasteiger partial charge in [-0.2, -0.15) is 0 Å². The van der Waals surface area contributed by atoms with E-state index in [9.17, 15) is 13.6 Å². The summed E-state index contributed by atoms with van der Waals surface area (Å²) in [4.78, 5) is 24.5. The summed E-state index contributed by atoms with van der Waals surface area (Å²) in [6.07, 6.45) is 3.94. The quantitative estimate of drug-likeness (QED) is 0.195. The lowest BCUT2D eigenvalue weighted by atomic mass is 10.1. The summed E-state index contributed by atoms with van der Waals surface area (Å²) in [6.45, 7) is 2.74. The topological polar surface area (TPSA) is 129 Å². The van der Waals surface area contributed by atoms with Gasteiger partial charge in [-0.25, -0.2) is 18.5 Å². The van der Waals surface area contributed by atoms with Crippen molar-refractivity contribution in [2.75, 3.05) is 48.8 Å². The number of hydrogen-bond acceptors (Lipinski definition) is 8. The molecule has 2 heterocycles. The predicted octanol–water partition coefficient (Wildman–Crippen LogP) is 5.48. The minimum absolute atomic E-state index is 0.116. The number of benzene rings is 3. The second-order valence-corrected chi connectivity index (χ2v) is 10.7. The van der Waals surface area contributed by atoms with Gasteiger partial charge >= 0.3 is 0 Å². The van der Waals surface area contributed by atoms with Gasteiger partial charge in [0, 0.05) is 42.5 Å². The van der Waals surface area contributed by atoms with Crippen LogP contribution >= 0.6 is 0 Å². The van der Waals surface area contributed by atoms with Crippen molar-refractivity contribution in [3.8, 4) is 11.5 Å². The molecule has 0 spiro atoms. The summed E-state index contributed by atoms with van der Waals surface area (Å²) in [5, 5.41) is 6.14. The van der Waals surface area contributed by atoms with Gasteiger partial charge in [0.2, 0.25) is 5.91 Å². The van der Waals surface area contributed by atoms with Gasteiger partial charge in [-0.3, -0.25) is 9.35 Å². The Balaban J connectivity index is 1.46. The number of rotatable bonds is 11. The van der Waals surface area contributed by atoms with Gasteiger partial charge < -0.3 is 25.0 Å². The summed E-state index contributed by atoms with van der Waals surface area (Å²) in [5.74, 6) is 1.35. The number of carbonyl (C=O) groups is 1. The van der Waals surface area contributed by atoms with Crippen molar-refractivity contribution >= 4 is 56.9 Å². The molecule has 3 N–H and O–H groups in total. The zero-order valence-electron chi connectivity index (χ0n) is 23.6. The van der Waals surface area contributed by atoms with E-state index in [0.717, 1.165) is 30.2 Å². The van der Waals surface area contributed by atoms with E-state index in [2.05, 4.69) is 15.5 Å². The molecule has 12 heteroatoms. The van der Waals surface area contributed by atoms with E-state index < -0.39 is 11.3 Å². The maximum atomic E-state index is 12.9. The van der Waals surface area contributed by atoms with Gasteiger partial charge in [-0.1, -0.05) is 24.6 Å². The lowest BCUT2D eigenvalue weighted by Gasteiger charge is -2.26. The highest BCUT2D eigenvalue weighted by atomic mass is 32.2. The average molecular weight is 591 g/mol. The third kappa shape index (κ3) is 7.14. The fourth-order valence-corrected chi connectivity index (χ4v) is 5.46. The Bertz CT molecular complexity index is 1560. The number of anilines is 5. The molecule has 1 aliphatic heterocycles. The fraction of sp³-hybridized carbons (Fsp3) is 0.300. The summed E-state index contributed by atoms with van der Waals surface area (Å²) in [6, 6.07) is 19.3. The Kier molecular flexibility index (Phi) is 9.47. The van der Waals surface area contributed by atoms with E-state index in [4.69, 9.17) is 19.4 Å². The van der Waals surface area contributed by atoms with Crippen molar-refractivity contribution in [2.45, 2.75) is 25.7 Å².